The van der Waals surface area contributed by atoms with Gasteiger partial charge >= 0.3 is 0 Å². The van der Waals surface area contributed by atoms with Gasteiger partial charge in [-0.3, -0.25) is 9.59 Å². The summed E-state index contributed by atoms with van der Waals surface area (Å²) in [4.78, 5) is 26.5. The second kappa shape index (κ2) is 6.90. The maximum Gasteiger partial charge on any atom is 0.269 e. The third-order valence-corrected chi connectivity index (χ3v) is 6.16. The maximum atomic E-state index is 12.4. The van der Waals surface area contributed by atoms with Gasteiger partial charge in [-0.25, -0.2) is 12.7 Å². The van der Waals surface area contributed by atoms with Crippen LogP contribution in [-0.4, -0.2) is 62.2 Å². The normalized spacial score (nSPS) is 19.5. The molecule has 0 aromatic heterocycles. The average molecular weight is 351 g/mol. The molecule has 0 bridgehead atoms. The molecule has 0 unspecified atom stereocenters. The highest BCUT2D eigenvalue weighted by molar-refractivity contribution is 7.90. The number of nitrogens with one attached hydrogen (secondary N) is 1. The van der Waals surface area contributed by atoms with Crippen LogP contribution in [0, 0.1) is 0 Å². The van der Waals surface area contributed by atoms with Crippen LogP contribution in [-0.2, 0) is 14.8 Å². The molecule has 8 heteroatoms. The Balaban J connectivity index is 1.52. The third kappa shape index (κ3) is 3.29. The summed E-state index contributed by atoms with van der Waals surface area (Å²) >= 11 is 0. The van der Waals surface area contributed by atoms with Gasteiger partial charge in [0.1, 0.15) is 11.4 Å². The summed E-state index contributed by atoms with van der Waals surface area (Å²) < 4.78 is 25.4. The van der Waals surface area contributed by atoms with Gasteiger partial charge in [0.2, 0.25) is 5.91 Å². The lowest BCUT2D eigenvalue weighted by molar-refractivity contribution is -0.121. The number of rotatable bonds is 6. The molecule has 0 radical (unpaired) electrons. The van der Waals surface area contributed by atoms with Crippen LogP contribution in [0.3, 0.4) is 0 Å². The molecule has 1 fully saturated rings. The molecular formula is C16H21N3O4S. The number of hydrogen-bond acceptors (Lipinski definition) is 5. The van der Waals surface area contributed by atoms with Crippen molar-refractivity contribution in [3.63, 3.8) is 0 Å². The molecule has 1 aromatic carbocycles. The minimum Gasteiger partial charge on any atom is -0.354 e. The molecule has 0 atom stereocenters. The van der Waals surface area contributed by atoms with Crippen molar-refractivity contribution in [2.75, 3.05) is 32.7 Å². The average Bonchev–Trinajstić information content (AvgIpc) is 3.14. The predicted molar refractivity (Wildman–Crippen MR) is 88.0 cm³/mol. The van der Waals surface area contributed by atoms with Gasteiger partial charge in [-0.05, 0) is 51.0 Å². The van der Waals surface area contributed by atoms with E-state index in [-0.39, 0.29) is 10.5 Å². The van der Waals surface area contributed by atoms with E-state index in [1.54, 1.807) is 12.1 Å². The van der Waals surface area contributed by atoms with Crippen molar-refractivity contribution in [2.24, 2.45) is 0 Å². The first-order chi connectivity index (χ1) is 11.5. The fourth-order valence-corrected chi connectivity index (χ4v) is 4.64. The van der Waals surface area contributed by atoms with Gasteiger partial charge in [0, 0.05) is 6.54 Å². The Morgan fingerprint density at radius 1 is 1.17 bits per heavy atom. The smallest absolute Gasteiger partial charge is 0.269 e. The zero-order valence-corrected chi connectivity index (χ0v) is 14.2. The van der Waals surface area contributed by atoms with Gasteiger partial charge < -0.3 is 10.2 Å². The fraction of sp³-hybridized carbons (Fsp3) is 0.500. The maximum absolute atomic E-state index is 12.4. The zero-order valence-electron chi connectivity index (χ0n) is 13.4. The van der Waals surface area contributed by atoms with Crippen LogP contribution >= 0.6 is 0 Å². The van der Waals surface area contributed by atoms with Gasteiger partial charge in [0.05, 0.1) is 5.56 Å². The predicted octanol–water partition coefficient (Wildman–Crippen LogP) is 0.433. The Hall–Kier alpha value is -1.93. The summed E-state index contributed by atoms with van der Waals surface area (Å²) in [5, 5.41) is 2.69. The van der Waals surface area contributed by atoms with E-state index in [0.29, 0.717) is 10.8 Å². The van der Waals surface area contributed by atoms with Crippen LogP contribution in [0.1, 0.15) is 29.6 Å². The molecule has 2 amide bonds. The molecule has 1 N–H and O–H groups in total. The second-order valence-corrected chi connectivity index (χ2v) is 7.90. The first-order valence-corrected chi connectivity index (χ1v) is 9.59. The summed E-state index contributed by atoms with van der Waals surface area (Å²) in [6, 6.07) is 6.01. The van der Waals surface area contributed by atoms with Crippen LogP contribution in [0.2, 0.25) is 0 Å². The van der Waals surface area contributed by atoms with E-state index in [2.05, 4.69) is 10.2 Å². The number of nitrogens with zero attached hydrogens (tertiary/aromatic N) is 2. The monoisotopic (exact) mass is 351 g/mol. The molecule has 1 saturated heterocycles. The molecular weight excluding hydrogens is 330 g/mol. The van der Waals surface area contributed by atoms with Crippen LogP contribution in [0.4, 0.5) is 0 Å². The van der Waals surface area contributed by atoms with Gasteiger partial charge in [-0.1, -0.05) is 12.1 Å². The molecule has 130 valence electrons. The summed E-state index contributed by atoms with van der Waals surface area (Å²) in [7, 11) is -3.92. The lowest BCUT2D eigenvalue weighted by atomic mass is 10.2. The van der Waals surface area contributed by atoms with Crippen molar-refractivity contribution in [3.05, 3.63) is 29.8 Å². The lowest BCUT2D eigenvalue weighted by Gasteiger charge is -2.16. The van der Waals surface area contributed by atoms with Crippen molar-refractivity contribution < 1.29 is 18.0 Å². The molecule has 2 aliphatic rings. The van der Waals surface area contributed by atoms with Crippen molar-refractivity contribution in [2.45, 2.75) is 24.2 Å². The molecule has 0 spiro atoms. The van der Waals surface area contributed by atoms with E-state index in [4.69, 9.17) is 0 Å². The fourth-order valence-electron chi connectivity index (χ4n) is 3.11. The Labute approximate surface area is 141 Å². The van der Waals surface area contributed by atoms with Gasteiger partial charge in [0.25, 0.3) is 15.9 Å². The van der Waals surface area contributed by atoms with Crippen molar-refractivity contribution in [1.82, 2.24) is 14.5 Å². The first-order valence-electron chi connectivity index (χ1n) is 8.15. The van der Waals surface area contributed by atoms with E-state index in [9.17, 15) is 18.0 Å². The van der Waals surface area contributed by atoms with Gasteiger partial charge in [-0.2, -0.15) is 0 Å². The highest BCUT2D eigenvalue weighted by Crippen LogP contribution is 2.29. The molecule has 0 saturated carbocycles. The van der Waals surface area contributed by atoms with E-state index < -0.39 is 28.4 Å². The summed E-state index contributed by atoms with van der Waals surface area (Å²) in [6.07, 6.45) is 3.26. The number of carbonyl (C=O) groups excluding carboxylic acids is 2. The zero-order chi connectivity index (χ0) is 17.2. The van der Waals surface area contributed by atoms with Crippen LogP contribution in [0.5, 0.6) is 0 Å². The number of benzene rings is 1. The summed E-state index contributed by atoms with van der Waals surface area (Å²) in [5.74, 6) is -1.10. The van der Waals surface area contributed by atoms with Gasteiger partial charge in [0.15, 0.2) is 0 Å². The number of hydrogen-bond donors (Lipinski definition) is 1. The van der Waals surface area contributed by atoms with E-state index in [1.165, 1.54) is 25.0 Å². The number of fused-ring (bicyclic) bond motifs is 1. The van der Waals surface area contributed by atoms with E-state index >= 15 is 0 Å². The van der Waals surface area contributed by atoms with Crippen LogP contribution in [0.25, 0.3) is 0 Å². The Morgan fingerprint density at radius 3 is 2.58 bits per heavy atom. The molecule has 0 aliphatic carbocycles. The Morgan fingerprint density at radius 2 is 1.88 bits per heavy atom. The Kier molecular flexibility index (Phi) is 4.86. The quantitative estimate of drug-likeness (QED) is 0.751. The lowest BCUT2D eigenvalue weighted by Crippen LogP contribution is -2.41. The van der Waals surface area contributed by atoms with Crippen molar-refractivity contribution in [3.8, 4) is 0 Å². The number of sulfonamides is 1. The van der Waals surface area contributed by atoms with E-state index in [0.717, 1.165) is 26.1 Å². The Bertz CT molecular complexity index is 741. The molecule has 1 aromatic rings. The molecule has 2 aliphatic heterocycles. The number of amides is 2. The summed E-state index contributed by atoms with van der Waals surface area (Å²) in [6.45, 7) is 3.13. The SMILES string of the molecule is O=C(CN1C(=O)c2ccccc2S1(=O)=O)NCCCN1CCCC1. The summed E-state index contributed by atoms with van der Waals surface area (Å²) in [5.41, 5.74) is 0.124. The molecule has 2 heterocycles. The minimum atomic E-state index is -3.92. The van der Waals surface area contributed by atoms with Crippen LogP contribution < -0.4 is 5.32 Å². The molecule has 24 heavy (non-hydrogen) atoms. The van der Waals surface area contributed by atoms with Crippen molar-refractivity contribution >= 4 is 21.8 Å². The largest absolute Gasteiger partial charge is 0.354 e. The van der Waals surface area contributed by atoms with Crippen molar-refractivity contribution in [1.29, 1.82) is 0 Å². The highest BCUT2D eigenvalue weighted by atomic mass is 32.2. The first kappa shape index (κ1) is 16.9. The van der Waals surface area contributed by atoms with Gasteiger partial charge in [-0.15, -0.1) is 0 Å². The van der Waals surface area contributed by atoms with Crippen LogP contribution in [0.15, 0.2) is 29.2 Å². The minimum absolute atomic E-state index is 0.0307. The standard InChI is InChI=1S/C16H21N3O4S/c20-15(17-8-5-11-18-9-3-4-10-18)12-19-16(21)13-6-1-2-7-14(13)24(19,22)23/h1-2,6-7H,3-5,8-12H2,(H,17,20). The number of likely N-dealkylation sites (tertiary alicyclic amines) is 1. The number of carbonyl (C=O) groups is 2. The topological polar surface area (TPSA) is 86.8 Å². The third-order valence-electron chi connectivity index (χ3n) is 4.37. The highest BCUT2D eigenvalue weighted by Gasteiger charge is 2.41. The molecule has 7 nitrogen and oxygen atoms in total. The van der Waals surface area contributed by atoms with E-state index in [1.807, 2.05) is 0 Å². The second-order valence-electron chi connectivity index (χ2n) is 6.07. The molecule has 3 rings (SSSR count).